The first-order valence-corrected chi connectivity index (χ1v) is 10.7. The van der Waals surface area contributed by atoms with Crippen LogP contribution < -0.4 is 14.4 Å². The summed E-state index contributed by atoms with van der Waals surface area (Å²) in [6.45, 7) is 6.35. The van der Waals surface area contributed by atoms with Gasteiger partial charge in [-0.25, -0.2) is 4.98 Å². The molecule has 0 atom stereocenters. The van der Waals surface area contributed by atoms with Crippen LogP contribution in [-0.2, 0) is 11.3 Å². The number of anilines is 1. The highest BCUT2D eigenvalue weighted by Gasteiger charge is 2.17. The van der Waals surface area contributed by atoms with E-state index in [1.807, 2.05) is 24.3 Å². The van der Waals surface area contributed by atoms with E-state index in [4.69, 9.17) is 19.2 Å². The quantitative estimate of drug-likeness (QED) is 0.562. The van der Waals surface area contributed by atoms with Crippen molar-refractivity contribution in [2.45, 2.75) is 6.54 Å². The van der Waals surface area contributed by atoms with Gasteiger partial charge < -0.3 is 19.1 Å². The Labute approximate surface area is 175 Å². The van der Waals surface area contributed by atoms with Crippen LogP contribution in [-0.4, -0.2) is 63.5 Å². The molecule has 0 spiro atoms. The van der Waals surface area contributed by atoms with Crippen LogP contribution in [0.2, 0.25) is 0 Å². The third-order valence-corrected chi connectivity index (χ3v) is 6.26. The maximum atomic E-state index is 5.48. The number of methoxy groups -OCH3 is 2. The molecule has 0 saturated carbocycles. The van der Waals surface area contributed by atoms with Gasteiger partial charge in [0.05, 0.1) is 37.6 Å². The number of aromatic nitrogens is 1. The van der Waals surface area contributed by atoms with Crippen LogP contribution in [0.1, 0.15) is 5.56 Å². The van der Waals surface area contributed by atoms with Gasteiger partial charge in [-0.3, -0.25) is 4.90 Å². The van der Waals surface area contributed by atoms with Crippen molar-refractivity contribution in [3.05, 3.63) is 48.0 Å². The van der Waals surface area contributed by atoms with Crippen LogP contribution in [0.5, 0.6) is 11.5 Å². The van der Waals surface area contributed by atoms with Crippen molar-refractivity contribution in [2.24, 2.45) is 0 Å². The largest absolute Gasteiger partial charge is 0.497 e. The van der Waals surface area contributed by atoms with Crippen molar-refractivity contribution < 1.29 is 14.2 Å². The van der Waals surface area contributed by atoms with Gasteiger partial charge in [-0.05, 0) is 35.9 Å². The predicted octanol–water partition coefficient (Wildman–Crippen LogP) is 3.65. The fraction of sp³-hybridized carbons (Fsp3) is 0.409. The minimum atomic E-state index is 0.811. The van der Waals surface area contributed by atoms with Gasteiger partial charge >= 0.3 is 0 Å². The van der Waals surface area contributed by atoms with E-state index >= 15 is 0 Å². The zero-order valence-corrected chi connectivity index (χ0v) is 17.8. The first-order valence-electron chi connectivity index (χ1n) is 9.88. The number of thiazole rings is 1. The molecule has 0 radical (unpaired) electrons. The van der Waals surface area contributed by atoms with Crippen molar-refractivity contribution in [1.29, 1.82) is 0 Å². The fourth-order valence-electron chi connectivity index (χ4n) is 3.44. The Morgan fingerprint density at radius 1 is 1.03 bits per heavy atom. The Kier molecular flexibility index (Phi) is 6.49. The molecule has 154 valence electrons. The highest BCUT2D eigenvalue weighted by molar-refractivity contribution is 7.22. The first-order chi connectivity index (χ1) is 14.2. The van der Waals surface area contributed by atoms with Crippen molar-refractivity contribution in [1.82, 2.24) is 9.88 Å². The number of benzene rings is 2. The number of rotatable bonds is 8. The van der Waals surface area contributed by atoms with E-state index in [1.165, 1.54) is 5.56 Å². The smallest absolute Gasteiger partial charge is 0.186 e. The van der Waals surface area contributed by atoms with E-state index in [1.54, 1.807) is 25.6 Å². The maximum absolute atomic E-state index is 5.48. The summed E-state index contributed by atoms with van der Waals surface area (Å²) in [5.41, 5.74) is 2.25. The van der Waals surface area contributed by atoms with E-state index in [0.717, 1.165) is 72.8 Å². The molecule has 1 saturated heterocycles. The molecule has 0 N–H and O–H groups in total. The van der Waals surface area contributed by atoms with Crippen molar-refractivity contribution >= 4 is 26.7 Å². The Bertz CT molecular complexity index is 923. The maximum Gasteiger partial charge on any atom is 0.186 e. The average molecular weight is 414 g/mol. The van der Waals surface area contributed by atoms with E-state index < -0.39 is 0 Å². The van der Waals surface area contributed by atoms with Crippen molar-refractivity contribution in [3.8, 4) is 11.5 Å². The molecule has 3 aromatic rings. The Hall–Kier alpha value is -2.35. The SMILES string of the molecule is COc1ccc(CN(CCN2CCOCC2)c2nc3ccc(OC)cc3s2)cc1. The molecule has 7 heteroatoms. The van der Waals surface area contributed by atoms with Gasteiger partial charge in [0.15, 0.2) is 5.13 Å². The topological polar surface area (TPSA) is 47.1 Å². The predicted molar refractivity (Wildman–Crippen MR) is 117 cm³/mol. The van der Waals surface area contributed by atoms with Crippen LogP contribution in [0.3, 0.4) is 0 Å². The molecule has 1 aromatic heterocycles. The van der Waals surface area contributed by atoms with Gasteiger partial charge in [-0.15, -0.1) is 0 Å². The molecule has 1 aliphatic rings. The second kappa shape index (κ2) is 9.43. The second-order valence-corrected chi connectivity index (χ2v) is 8.06. The summed E-state index contributed by atoms with van der Waals surface area (Å²) < 4.78 is 17.3. The van der Waals surface area contributed by atoms with Crippen molar-refractivity contribution in [2.75, 3.05) is 58.5 Å². The van der Waals surface area contributed by atoms with Crippen LogP contribution in [0, 0.1) is 0 Å². The average Bonchev–Trinajstić information content (AvgIpc) is 3.21. The summed E-state index contributed by atoms with van der Waals surface area (Å²) in [6, 6.07) is 14.3. The molecular weight excluding hydrogens is 386 g/mol. The number of hydrogen-bond acceptors (Lipinski definition) is 7. The number of nitrogens with zero attached hydrogens (tertiary/aromatic N) is 3. The minimum Gasteiger partial charge on any atom is -0.497 e. The first kappa shape index (κ1) is 19.9. The molecular formula is C22H27N3O3S. The molecule has 0 unspecified atom stereocenters. The highest BCUT2D eigenvalue weighted by atomic mass is 32.1. The Balaban J connectivity index is 1.55. The summed E-state index contributed by atoms with van der Waals surface area (Å²) in [7, 11) is 3.39. The van der Waals surface area contributed by atoms with E-state index in [-0.39, 0.29) is 0 Å². The van der Waals surface area contributed by atoms with E-state index in [2.05, 4.69) is 28.0 Å². The van der Waals surface area contributed by atoms with Gasteiger partial charge in [-0.1, -0.05) is 23.5 Å². The lowest BCUT2D eigenvalue weighted by Crippen LogP contribution is -2.41. The van der Waals surface area contributed by atoms with Crippen LogP contribution in [0.15, 0.2) is 42.5 Å². The number of hydrogen-bond donors (Lipinski definition) is 0. The van der Waals surface area contributed by atoms with Crippen LogP contribution in [0.4, 0.5) is 5.13 Å². The lowest BCUT2D eigenvalue weighted by atomic mass is 10.2. The third-order valence-electron chi connectivity index (χ3n) is 5.18. The van der Waals surface area contributed by atoms with Crippen LogP contribution >= 0.6 is 11.3 Å². The number of morpholine rings is 1. The molecule has 1 aliphatic heterocycles. The van der Waals surface area contributed by atoms with Gasteiger partial charge in [0.1, 0.15) is 11.5 Å². The van der Waals surface area contributed by atoms with Crippen LogP contribution in [0.25, 0.3) is 10.2 Å². The van der Waals surface area contributed by atoms with E-state index in [0.29, 0.717) is 0 Å². The van der Waals surface area contributed by atoms with Gasteiger partial charge in [0.2, 0.25) is 0 Å². The molecule has 0 bridgehead atoms. The lowest BCUT2D eigenvalue weighted by Gasteiger charge is -2.30. The second-order valence-electron chi connectivity index (χ2n) is 7.05. The molecule has 2 heterocycles. The summed E-state index contributed by atoms with van der Waals surface area (Å²) >= 11 is 1.72. The standard InChI is InChI=1S/C22H27N3O3S/c1-26-18-5-3-17(4-6-18)16-25(10-9-24-11-13-28-14-12-24)22-23-20-8-7-19(27-2)15-21(20)29-22/h3-8,15H,9-14,16H2,1-2H3. The van der Waals surface area contributed by atoms with Crippen molar-refractivity contribution in [3.63, 3.8) is 0 Å². The monoisotopic (exact) mass is 413 g/mol. The minimum absolute atomic E-state index is 0.811. The van der Waals surface area contributed by atoms with Gasteiger partial charge in [0, 0.05) is 32.7 Å². The molecule has 1 fully saturated rings. The number of ether oxygens (including phenoxy) is 3. The zero-order valence-electron chi connectivity index (χ0n) is 17.0. The van der Waals surface area contributed by atoms with Gasteiger partial charge in [-0.2, -0.15) is 0 Å². The highest BCUT2D eigenvalue weighted by Crippen LogP contribution is 2.32. The number of fused-ring (bicyclic) bond motifs is 1. The molecule has 0 aliphatic carbocycles. The molecule has 2 aromatic carbocycles. The van der Waals surface area contributed by atoms with Gasteiger partial charge in [0.25, 0.3) is 0 Å². The Morgan fingerprint density at radius 3 is 2.48 bits per heavy atom. The normalized spacial score (nSPS) is 14.8. The molecule has 4 rings (SSSR count). The summed E-state index contributed by atoms with van der Waals surface area (Å²) in [6.07, 6.45) is 0. The third kappa shape index (κ3) is 4.98. The Morgan fingerprint density at radius 2 is 1.76 bits per heavy atom. The molecule has 0 amide bonds. The summed E-state index contributed by atoms with van der Waals surface area (Å²) in [5.74, 6) is 1.74. The molecule has 6 nitrogen and oxygen atoms in total. The fourth-order valence-corrected chi connectivity index (χ4v) is 4.45. The lowest BCUT2D eigenvalue weighted by molar-refractivity contribution is 0.0391. The summed E-state index contributed by atoms with van der Waals surface area (Å²) in [5, 5.41) is 1.04. The molecule has 29 heavy (non-hydrogen) atoms. The summed E-state index contributed by atoms with van der Waals surface area (Å²) in [4.78, 5) is 9.73. The zero-order chi connectivity index (χ0) is 20.1. The van der Waals surface area contributed by atoms with E-state index in [9.17, 15) is 0 Å².